The van der Waals surface area contributed by atoms with Crippen molar-refractivity contribution in [3.05, 3.63) is 163 Å². The molecule has 1 aliphatic rings. The van der Waals surface area contributed by atoms with Crippen LogP contribution in [-0.2, 0) is 6.42 Å². The van der Waals surface area contributed by atoms with Gasteiger partial charge in [0.2, 0.25) is 0 Å². The van der Waals surface area contributed by atoms with E-state index in [1.54, 1.807) is 0 Å². The number of para-hydroxylation sites is 2. The summed E-state index contributed by atoms with van der Waals surface area (Å²) < 4.78 is 4.93. The van der Waals surface area contributed by atoms with Crippen LogP contribution in [0.15, 0.2) is 152 Å². The van der Waals surface area contributed by atoms with Gasteiger partial charge in [0.1, 0.15) is 0 Å². The van der Waals surface area contributed by atoms with Gasteiger partial charge in [0, 0.05) is 44.4 Å². The summed E-state index contributed by atoms with van der Waals surface area (Å²) in [5.74, 6) is 0. The predicted molar refractivity (Wildman–Crippen MR) is 199 cm³/mol. The number of allylic oxidation sites excluding steroid dienone is 1. The monoisotopic (exact) mass is 614 g/mol. The molecule has 0 bridgehead atoms. The van der Waals surface area contributed by atoms with Crippen molar-refractivity contribution in [2.24, 2.45) is 0 Å². The molecule has 0 atom stereocenters. The van der Waals surface area contributed by atoms with E-state index in [9.17, 15) is 0 Å². The number of fused-ring (bicyclic) bond motifs is 8. The molecule has 0 saturated heterocycles. The number of pyridine rings is 2. The maximum Gasteiger partial charge on any atom is 0.0730 e. The number of benzene rings is 5. The van der Waals surface area contributed by atoms with Gasteiger partial charge in [-0.25, -0.2) is 4.98 Å². The molecular weight excluding hydrogens is 585 g/mol. The zero-order valence-electron chi connectivity index (χ0n) is 26.2. The van der Waals surface area contributed by atoms with Crippen LogP contribution in [-0.4, -0.2) is 19.1 Å². The van der Waals surface area contributed by atoms with E-state index < -0.39 is 0 Å². The average Bonchev–Trinajstić information content (AvgIpc) is 3.68. The lowest BCUT2D eigenvalue weighted by Crippen LogP contribution is -2.05. The topological polar surface area (TPSA) is 35.6 Å². The summed E-state index contributed by atoms with van der Waals surface area (Å²) in [6.45, 7) is 0. The van der Waals surface area contributed by atoms with E-state index in [1.165, 1.54) is 54.9 Å². The van der Waals surface area contributed by atoms with Gasteiger partial charge in [0.25, 0.3) is 0 Å². The van der Waals surface area contributed by atoms with Crippen LogP contribution >= 0.6 is 0 Å². The fourth-order valence-corrected chi connectivity index (χ4v) is 7.72. The maximum absolute atomic E-state index is 5.21. The molecule has 5 aromatic carbocycles. The third-order valence-electron chi connectivity index (χ3n) is 9.82. The van der Waals surface area contributed by atoms with E-state index >= 15 is 0 Å². The summed E-state index contributed by atoms with van der Waals surface area (Å²) in [4.78, 5) is 9.95. The fourth-order valence-electron chi connectivity index (χ4n) is 7.72. The minimum atomic E-state index is 0.948. The summed E-state index contributed by atoms with van der Waals surface area (Å²) >= 11 is 0. The predicted octanol–water partition coefficient (Wildman–Crippen LogP) is 11.0. The van der Waals surface area contributed by atoms with Crippen LogP contribution in [0.1, 0.15) is 17.7 Å². The molecule has 4 nitrogen and oxygen atoms in total. The summed E-state index contributed by atoms with van der Waals surface area (Å²) in [6, 6.07) is 50.0. The fraction of sp³-hybridized carbons (Fsp3) is 0.0455. The second kappa shape index (κ2) is 10.6. The zero-order chi connectivity index (χ0) is 31.6. The van der Waals surface area contributed by atoms with Crippen molar-refractivity contribution in [2.75, 3.05) is 0 Å². The van der Waals surface area contributed by atoms with Crippen molar-refractivity contribution in [2.45, 2.75) is 12.8 Å². The number of hydrogen-bond donors (Lipinski definition) is 0. The van der Waals surface area contributed by atoms with Gasteiger partial charge in [-0.1, -0.05) is 109 Å². The molecule has 48 heavy (non-hydrogen) atoms. The molecule has 4 heteroatoms. The molecule has 9 aromatic rings. The lowest BCUT2D eigenvalue weighted by molar-refractivity contribution is 0.940. The summed E-state index contributed by atoms with van der Waals surface area (Å²) in [5.41, 5.74) is 13.5. The quantitative estimate of drug-likeness (QED) is 0.198. The van der Waals surface area contributed by atoms with Crippen LogP contribution in [0.2, 0.25) is 0 Å². The van der Waals surface area contributed by atoms with Gasteiger partial charge in [-0.2, -0.15) is 0 Å². The van der Waals surface area contributed by atoms with Crippen molar-refractivity contribution in [3.63, 3.8) is 0 Å². The van der Waals surface area contributed by atoms with Gasteiger partial charge < -0.3 is 9.13 Å². The number of aromatic nitrogens is 4. The van der Waals surface area contributed by atoms with E-state index in [0.717, 1.165) is 46.7 Å². The largest absolute Gasteiger partial charge is 0.309 e. The first-order chi connectivity index (χ1) is 23.8. The molecule has 0 fully saturated rings. The van der Waals surface area contributed by atoms with E-state index in [-0.39, 0.29) is 0 Å². The SMILES string of the molecule is C1=Cc2nccc(-n3c4ccccc4c4c3ccc3c5ccccc5n(-c5cc(-c6ccccc6)nc(-c6ccccc6)c5)c34)c2CC1. The molecule has 0 amide bonds. The number of hydrogen-bond acceptors (Lipinski definition) is 2. The van der Waals surface area contributed by atoms with Gasteiger partial charge in [0.05, 0.1) is 50.5 Å². The van der Waals surface area contributed by atoms with Gasteiger partial charge >= 0.3 is 0 Å². The Balaban J connectivity index is 1.36. The molecule has 1 aliphatic carbocycles. The Bertz CT molecular complexity index is 2660. The molecule has 226 valence electrons. The Labute approximate surface area is 277 Å². The summed E-state index contributed by atoms with van der Waals surface area (Å²) in [5, 5.41) is 4.95. The van der Waals surface area contributed by atoms with Crippen molar-refractivity contribution >= 4 is 49.7 Å². The van der Waals surface area contributed by atoms with Gasteiger partial charge in [-0.3, -0.25) is 4.98 Å². The molecule has 0 N–H and O–H groups in total. The highest BCUT2D eigenvalue weighted by Crippen LogP contribution is 2.43. The standard InChI is InChI=1S/C44H30N4/c1-3-13-29(14-4-1)37-27-31(28-38(46-37)30-15-5-2-6-16-30)47-39-21-11-8-17-32(39)33-23-24-42-43(44(33)47)35-19-9-12-22-40(35)48(42)41-25-26-45-36-20-10-7-18-34(36)41/h1-6,8-17,19-28H,7,18H2. The highest BCUT2D eigenvalue weighted by molar-refractivity contribution is 6.26. The third-order valence-corrected chi connectivity index (χ3v) is 9.82. The lowest BCUT2D eigenvalue weighted by Gasteiger charge is -2.17. The molecule has 0 saturated carbocycles. The van der Waals surface area contributed by atoms with Crippen LogP contribution in [0.25, 0.3) is 83.6 Å². The first kappa shape index (κ1) is 26.9. The van der Waals surface area contributed by atoms with E-state index in [1.807, 2.05) is 6.20 Å². The molecule has 4 aromatic heterocycles. The van der Waals surface area contributed by atoms with Gasteiger partial charge in [-0.15, -0.1) is 0 Å². The Hall–Kier alpha value is -6.26. The molecule has 4 heterocycles. The van der Waals surface area contributed by atoms with Gasteiger partial charge in [-0.05, 0) is 55.3 Å². The van der Waals surface area contributed by atoms with E-state index in [2.05, 4.69) is 161 Å². The van der Waals surface area contributed by atoms with Crippen LogP contribution < -0.4 is 0 Å². The van der Waals surface area contributed by atoms with Crippen LogP contribution in [0, 0.1) is 0 Å². The Morgan fingerprint density at radius 3 is 1.92 bits per heavy atom. The molecule has 0 aliphatic heterocycles. The number of nitrogens with zero attached hydrogens (tertiary/aromatic N) is 4. The third kappa shape index (κ3) is 4.02. The first-order valence-electron chi connectivity index (χ1n) is 16.6. The first-order valence-corrected chi connectivity index (χ1v) is 16.6. The molecule has 0 radical (unpaired) electrons. The Kier molecular flexibility index (Phi) is 5.97. The second-order valence-corrected chi connectivity index (χ2v) is 12.5. The van der Waals surface area contributed by atoms with Crippen molar-refractivity contribution < 1.29 is 0 Å². The van der Waals surface area contributed by atoms with Crippen molar-refractivity contribution in [3.8, 4) is 33.9 Å². The minimum Gasteiger partial charge on any atom is -0.309 e. The van der Waals surface area contributed by atoms with Gasteiger partial charge in [0.15, 0.2) is 0 Å². The summed E-state index contributed by atoms with van der Waals surface area (Å²) in [7, 11) is 0. The molecule has 0 unspecified atom stereocenters. The summed E-state index contributed by atoms with van der Waals surface area (Å²) in [6.07, 6.45) is 8.36. The number of rotatable bonds is 4. The van der Waals surface area contributed by atoms with Crippen molar-refractivity contribution in [1.82, 2.24) is 19.1 Å². The highest BCUT2D eigenvalue weighted by Gasteiger charge is 2.23. The average molecular weight is 615 g/mol. The van der Waals surface area contributed by atoms with Crippen LogP contribution in [0.3, 0.4) is 0 Å². The molecule has 10 rings (SSSR count). The smallest absolute Gasteiger partial charge is 0.0730 e. The second-order valence-electron chi connectivity index (χ2n) is 12.5. The minimum absolute atomic E-state index is 0.948. The lowest BCUT2D eigenvalue weighted by atomic mass is 10.00. The Morgan fingerprint density at radius 2 is 1.19 bits per heavy atom. The Morgan fingerprint density at radius 1 is 0.542 bits per heavy atom. The molecule has 0 spiro atoms. The molecular formula is C44H30N4. The normalized spacial score (nSPS) is 12.8. The van der Waals surface area contributed by atoms with E-state index in [4.69, 9.17) is 9.97 Å². The highest BCUT2D eigenvalue weighted by atomic mass is 15.0. The maximum atomic E-state index is 5.21. The van der Waals surface area contributed by atoms with E-state index in [0.29, 0.717) is 0 Å². The van der Waals surface area contributed by atoms with Crippen LogP contribution in [0.4, 0.5) is 0 Å². The zero-order valence-corrected chi connectivity index (χ0v) is 26.2. The van der Waals surface area contributed by atoms with Crippen molar-refractivity contribution in [1.29, 1.82) is 0 Å². The van der Waals surface area contributed by atoms with Crippen LogP contribution in [0.5, 0.6) is 0 Å².